The molecule has 0 aromatic heterocycles. The van der Waals surface area contributed by atoms with Crippen LogP contribution in [0, 0.1) is 12.3 Å². The van der Waals surface area contributed by atoms with E-state index in [1.807, 2.05) is 45.0 Å². The minimum Gasteiger partial charge on any atom is -0.362 e. The molecule has 178 valence electrons. The van der Waals surface area contributed by atoms with E-state index in [1.165, 1.54) is 12.1 Å². The first-order valence-electron chi connectivity index (χ1n) is 11.2. The number of alkyl halides is 3. The van der Waals surface area contributed by atoms with Crippen LogP contribution in [0.1, 0.15) is 56.2 Å². The quantitative estimate of drug-likeness (QED) is 0.559. The zero-order valence-electron chi connectivity index (χ0n) is 19.6. The largest absolute Gasteiger partial charge is 0.416 e. The van der Waals surface area contributed by atoms with Crippen LogP contribution in [0.15, 0.2) is 71.1 Å². The van der Waals surface area contributed by atoms with Gasteiger partial charge in [-0.1, -0.05) is 44.2 Å². The Hall–Kier alpha value is -3.35. The fourth-order valence-corrected chi connectivity index (χ4v) is 4.93. The highest BCUT2D eigenvalue weighted by Crippen LogP contribution is 2.47. The van der Waals surface area contributed by atoms with Gasteiger partial charge in [0.15, 0.2) is 5.78 Å². The number of anilines is 1. The van der Waals surface area contributed by atoms with Gasteiger partial charge in [-0.15, -0.1) is 0 Å². The number of allylic oxidation sites excluding steroid dienone is 3. The molecule has 0 radical (unpaired) electrons. The average Bonchev–Trinajstić information content (AvgIpc) is 2.71. The number of hydrogen-bond acceptors (Lipinski definition) is 3. The van der Waals surface area contributed by atoms with Crippen molar-refractivity contribution in [2.45, 2.75) is 52.6 Å². The molecular formula is C27H27F3N2O2. The molecule has 1 aliphatic carbocycles. The van der Waals surface area contributed by atoms with Gasteiger partial charge in [-0.25, -0.2) is 0 Å². The van der Waals surface area contributed by atoms with Crippen LogP contribution in [-0.4, -0.2) is 11.7 Å². The van der Waals surface area contributed by atoms with Gasteiger partial charge in [0.25, 0.3) is 5.91 Å². The van der Waals surface area contributed by atoms with E-state index in [1.54, 1.807) is 6.92 Å². The number of carbonyl (C=O) groups excluding carboxylic acids is 2. The second kappa shape index (κ2) is 8.46. The van der Waals surface area contributed by atoms with Gasteiger partial charge in [0.2, 0.25) is 0 Å². The fourth-order valence-electron chi connectivity index (χ4n) is 4.93. The zero-order chi connectivity index (χ0) is 24.8. The summed E-state index contributed by atoms with van der Waals surface area (Å²) in [4.78, 5) is 26.9. The van der Waals surface area contributed by atoms with Crippen molar-refractivity contribution in [1.82, 2.24) is 5.32 Å². The summed E-state index contributed by atoms with van der Waals surface area (Å²) in [5.41, 5.74) is 3.03. The van der Waals surface area contributed by atoms with Crippen LogP contribution >= 0.6 is 0 Å². The van der Waals surface area contributed by atoms with Gasteiger partial charge in [-0.05, 0) is 55.0 Å². The molecular weight excluding hydrogens is 441 g/mol. The lowest BCUT2D eigenvalue weighted by Gasteiger charge is -2.40. The second-order valence-electron chi connectivity index (χ2n) is 9.82. The molecule has 1 aliphatic heterocycles. The standard InChI is InChI=1S/C27H27F3N2O2/c1-15-8-5-6-11-19(15)23-22(16(2)31-20-13-26(3,4)14-21(33)24(20)23)25(34)32-18-10-7-9-17(12-18)27(28,29)30/h5-12,23,31H,13-14H2,1-4H3,(H,32,34)/t23-/m1/s1. The summed E-state index contributed by atoms with van der Waals surface area (Å²) >= 11 is 0. The lowest BCUT2D eigenvalue weighted by atomic mass is 9.68. The Morgan fingerprint density at radius 1 is 1.06 bits per heavy atom. The first-order chi connectivity index (χ1) is 15.9. The van der Waals surface area contributed by atoms with Gasteiger partial charge in [0, 0.05) is 40.6 Å². The Labute approximate surface area is 196 Å². The first-order valence-corrected chi connectivity index (χ1v) is 11.2. The maximum Gasteiger partial charge on any atom is 0.416 e. The Balaban J connectivity index is 1.79. The zero-order valence-corrected chi connectivity index (χ0v) is 19.6. The number of rotatable bonds is 3. The molecule has 2 aromatic rings. The second-order valence-corrected chi connectivity index (χ2v) is 9.82. The Bertz CT molecular complexity index is 1240. The van der Waals surface area contributed by atoms with E-state index in [9.17, 15) is 22.8 Å². The predicted octanol–water partition coefficient (Wildman–Crippen LogP) is 6.26. The van der Waals surface area contributed by atoms with Crippen LogP contribution in [0.3, 0.4) is 0 Å². The van der Waals surface area contributed by atoms with Crippen molar-refractivity contribution < 1.29 is 22.8 Å². The first kappa shape index (κ1) is 23.8. The maximum atomic E-state index is 13.5. The van der Waals surface area contributed by atoms with Crippen molar-refractivity contribution in [1.29, 1.82) is 0 Å². The third-order valence-electron chi connectivity index (χ3n) is 6.43. The number of ketones is 1. The highest BCUT2D eigenvalue weighted by molar-refractivity contribution is 6.10. The van der Waals surface area contributed by atoms with E-state index in [0.717, 1.165) is 29.0 Å². The number of aryl methyl sites for hydroxylation is 1. The summed E-state index contributed by atoms with van der Waals surface area (Å²) < 4.78 is 39.5. The van der Waals surface area contributed by atoms with E-state index in [-0.39, 0.29) is 16.9 Å². The summed E-state index contributed by atoms with van der Waals surface area (Å²) in [5, 5.41) is 5.90. The average molecular weight is 469 g/mol. The third-order valence-corrected chi connectivity index (χ3v) is 6.43. The predicted molar refractivity (Wildman–Crippen MR) is 125 cm³/mol. The number of halogens is 3. The monoisotopic (exact) mass is 468 g/mol. The molecule has 1 heterocycles. The number of hydrogen-bond donors (Lipinski definition) is 2. The maximum absolute atomic E-state index is 13.5. The van der Waals surface area contributed by atoms with E-state index in [2.05, 4.69) is 10.6 Å². The van der Waals surface area contributed by atoms with Crippen molar-refractivity contribution in [2.75, 3.05) is 5.32 Å². The highest BCUT2D eigenvalue weighted by Gasteiger charge is 2.43. The SMILES string of the molecule is CC1=C(C(=O)Nc2cccc(C(F)(F)F)c2)[C@@H](c2ccccc2C)C2=C(CC(C)(C)CC2=O)N1. The summed E-state index contributed by atoms with van der Waals surface area (Å²) in [7, 11) is 0. The van der Waals surface area contributed by atoms with E-state index in [4.69, 9.17) is 0 Å². The third kappa shape index (κ3) is 4.52. The number of carbonyl (C=O) groups is 2. The Morgan fingerprint density at radius 3 is 2.44 bits per heavy atom. The summed E-state index contributed by atoms with van der Waals surface area (Å²) in [6, 6.07) is 12.1. The molecule has 2 aromatic carbocycles. The molecule has 2 N–H and O–H groups in total. The number of benzene rings is 2. The van der Waals surface area contributed by atoms with Crippen LogP contribution in [-0.2, 0) is 15.8 Å². The molecule has 0 bridgehead atoms. The summed E-state index contributed by atoms with van der Waals surface area (Å²) in [6.45, 7) is 7.76. The lowest BCUT2D eigenvalue weighted by molar-refractivity contribution is -0.137. The van der Waals surface area contributed by atoms with E-state index < -0.39 is 23.6 Å². The van der Waals surface area contributed by atoms with Crippen molar-refractivity contribution in [3.63, 3.8) is 0 Å². The van der Waals surface area contributed by atoms with Crippen LogP contribution in [0.25, 0.3) is 0 Å². The van der Waals surface area contributed by atoms with Crippen molar-refractivity contribution >= 4 is 17.4 Å². The molecule has 1 amide bonds. The molecule has 1 atom stereocenters. The molecule has 0 fully saturated rings. The molecule has 0 spiro atoms. The smallest absolute Gasteiger partial charge is 0.362 e. The number of dihydropyridines is 1. The van der Waals surface area contributed by atoms with Crippen LogP contribution in [0.2, 0.25) is 0 Å². The van der Waals surface area contributed by atoms with Crippen molar-refractivity contribution in [3.8, 4) is 0 Å². The Kier molecular flexibility index (Phi) is 5.92. The van der Waals surface area contributed by atoms with Gasteiger partial charge in [0.1, 0.15) is 0 Å². The topological polar surface area (TPSA) is 58.2 Å². The summed E-state index contributed by atoms with van der Waals surface area (Å²) in [6.07, 6.45) is -3.50. The number of amides is 1. The van der Waals surface area contributed by atoms with Gasteiger partial charge < -0.3 is 10.6 Å². The van der Waals surface area contributed by atoms with Gasteiger partial charge in [-0.3, -0.25) is 9.59 Å². The van der Waals surface area contributed by atoms with E-state index >= 15 is 0 Å². The molecule has 0 unspecified atom stereocenters. The Morgan fingerprint density at radius 2 is 1.76 bits per heavy atom. The summed E-state index contributed by atoms with van der Waals surface area (Å²) in [5.74, 6) is -1.17. The van der Waals surface area contributed by atoms with Crippen LogP contribution < -0.4 is 10.6 Å². The molecule has 4 rings (SSSR count). The van der Waals surface area contributed by atoms with Crippen molar-refractivity contribution in [2.24, 2.45) is 5.41 Å². The molecule has 7 heteroatoms. The minimum absolute atomic E-state index is 0.0242. The van der Waals surface area contributed by atoms with Gasteiger partial charge in [-0.2, -0.15) is 13.2 Å². The van der Waals surface area contributed by atoms with Crippen molar-refractivity contribution in [3.05, 3.63) is 87.8 Å². The van der Waals surface area contributed by atoms with Gasteiger partial charge in [0.05, 0.1) is 5.56 Å². The van der Waals surface area contributed by atoms with Gasteiger partial charge >= 0.3 is 6.18 Å². The molecule has 34 heavy (non-hydrogen) atoms. The minimum atomic E-state index is -4.52. The van der Waals surface area contributed by atoms with Crippen LogP contribution in [0.4, 0.5) is 18.9 Å². The number of nitrogens with one attached hydrogen (secondary N) is 2. The highest BCUT2D eigenvalue weighted by atomic mass is 19.4. The fraction of sp³-hybridized carbons (Fsp3) is 0.333. The molecule has 2 aliphatic rings. The lowest BCUT2D eigenvalue weighted by Crippen LogP contribution is -2.39. The molecule has 4 nitrogen and oxygen atoms in total. The van der Waals surface area contributed by atoms with E-state index in [0.29, 0.717) is 29.7 Å². The molecule has 0 saturated carbocycles. The normalized spacial score (nSPS) is 20.1. The number of Topliss-reactive ketones (excluding diaryl/α,β-unsaturated/α-hetero) is 1. The molecule has 0 saturated heterocycles. The van der Waals surface area contributed by atoms with Crippen LogP contribution in [0.5, 0.6) is 0 Å².